The van der Waals surface area contributed by atoms with Crippen molar-refractivity contribution in [1.29, 1.82) is 0 Å². The summed E-state index contributed by atoms with van der Waals surface area (Å²) in [6.07, 6.45) is 5.71. The van der Waals surface area contributed by atoms with Gasteiger partial charge in [-0.2, -0.15) is 0 Å². The first kappa shape index (κ1) is 12.0. The highest BCUT2D eigenvalue weighted by Crippen LogP contribution is 2.38. The Hall–Kier alpha value is -0.0800. The molecule has 2 nitrogen and oxygen atoms in total. The van der Waals surface area contributed by atoms with Crippen LogP contribution in [0.4, 0.5) is 0 Å². The highest BCUT2D eigenvalue weighted by Gasteiger charge is 2.34. The van der Waals surface area contributed by atoms with Gasteiger partial charge in [0.15, 0.2) is 0 Å². The van der Waals surface area contributed by atoms with Crippen molar-refractivity contribution in [2.24, 2.45) is 5.41 Å². The zero-order valence-corrected chi connectivity index (χ0v) is 10.1. The van der Waals surface area contributed by atoms with E-state index in [4.69, 9.17) is 0 Å². The third kappa shape index (κ3) is 2.96. The summed E-state index contributed by atoms with van der Waals surface area (Å²) in [4.78, 5) is 2.47. The zero-order valence-electron chi connectivity index (χ0n) is 10.1. The molecule has 2 aliphatic heterocycles. The van der Waals surface area contributed by atoms with Crippen LogP contribution in [0.25, 0.3) is 0 Å². The van der Waals surface area contributed by atoms with Crippen molar-refractivity contribution in [3.05, 3.63) is 0 Å². The zero-order chi connectivity index (χ0) is 10.4. The van der Waals surface area contributed by atoms with E-state index in [9.17, 15) is 0 Å². The minimum Gasteiger partial charge on any atom is -0.317 e. The standard InChI is InChI=1S/C10H20N2.C2H6/c1-12-8-4-10(5-9-12)2-6-11-7-3-10;1-2/h11H,2-9H2,1H3;1-2H3. The van der Waals surface area contributed by atoms with E-state index < -0.39 is 0 Å². The van der Waals surface area contributed by atoms with Crippen LogP contribution in [0.5, 0.6) is 0 Å². The Morgan fingerprint density at radius 1 is 0.929 bits per heavy atom. The molecule has 1 N–H and O–H groups in total. The highest BCUT2D eigenvalue weighted by molar-refractivity contribution is 4.88. The van der Waals surface area contributed by atoms with Gasteiger partial charge in [-0.15, -0.1) is 0 Å². The molecule has 2 aliphatic rings. The molecule has 0 aromatic rings. The second-order valence-electron chi connectivity index (χ2n) is 4.55. The van der Waals surface area contributed by atoms with Gasteiger partial charge in [0.2, 0.25) is 0 Å². The van der Waals surface area contributed by atoms with Crippen LogP contribution in [-0.4, -0.2) is 38.1 Å². The lowest BCUT2D eigenvalue weighted by Crippen LogP contribution is -2.44. The van der Waals surface area contributed by atoms with Crippen molar-refractivity contribution in [1.82, 2.24) is 10.2 Å². The van der Waals surface area contributed by atoms with Gasteiger partial charge >= 0.3 is 0 Å². The first-order valence-electron chi connectivity index (χ1n) is 6.20. The maximum Gasteiger partial charge on any atom is -0.00165 e. The average Bonchev–Trinajstić information content (AvgIpc) is 2.27. The third-order valence-electron chi connectivity index (χ3n) is 3.71. The monoisotopic (exact) mass is 198 g/mol. The molecule has 2 fully saturated rings. The van der Waals surface area contributed by atoms with E-state index in [-0.39, 0.29) is 0 Å². The van der Waals surface area contributed by atoms with E-state index in [1.54, 1.807) is 0 Å². The SMILES string of the molecule is CC.CN1CCC2(CCNCC2)CC1. The molecule has 84 valence electrons. The molecule has 1 spiro atoms. The van der Waals surface area contributed by atoms with Crippen molar-refractivity contribution >= 4 is 0 Å². The van der Waals surface area contributed by atoms with Gasteiger partial charge in [-0.3, -0.25) is 0 Å². The number of rotatable bonds is 0. The van der Waals surface area contributed by atoms with Crippen LogP contribution in [0.3, 0.4) is 0 Å². The Labute approximate surface area is 89.1 Å². The molecule has 0 aromatic carbocycles. The van der Waals surface area contributed by atoms with Gasteiger partial charge in [0.1, 0.15) is 0 Å². The number of hydrogen-bond acceptors (Lipinski definition) is 2. The van der Waals surface area contributed by atoms with Gasteiger partial charge in [0.25, 0.3) is 0 Å². The van der Waals surface area contributed by atoms with Gasteiger partial charge < -0.3 is 10.2 Å². The number of likely N-dealkylation sites (tertiary alicyclic amines) is 1. The fourth-order valence-corrected chi connectivity index (χ4v) is 2.55. The van der Waals surface area contributed by atoms with E-state index in [0.29, 0.717) is 0 Å². The topological polar surface area (TPSA) is 15.3 Å². The van der Waals surface area contributed by atoms with Crippen LogP contribution in [0.15, 0.2) is 0 Å². The van der Waals surface area contributed by atoms with Crippen molar-refractivity contribution in [3.8, 4) is 0 Å². The Bertz CT molecular complexity index is 140. The number of nitrogens with one attached hydrogen (secondary N) is 1. The fraction of sp³-hybridized carbons (Fsp3) is 1.00. The lowest BCUT2D eigenvalue weighted by molar-refractivity contribution is 0.0876. The molecule has 0 aromatic heterocycles. The predicted octanol–water partition coefficient (Wildman–Crippen LogP) is 2.11. The van der Waals surface area contributed by atoms with Crippen LogP contribution in [0, 0.1) is 5.41 Å². The minimum absolute atomic E-state index is 0.734. The lowest BCUT2D eigenvalue weighted by atomic mass is 9.72. The van der Waals surface area contributed by atoms with Crippen LogP contribution in [-0.2, 0) is 0 Å². The maximum absolute atomic E-state index is 3.45. The van der Waals surface area contributed by atoms with Crippen LogP contribution in [0.2, 0.25) is 0 Å². The molecule has 0 unspecified atom stereocenters. The van der Waals surface area contributed by atoms with Crippen molar-refractivity contribution in [3.63, 3.8) is 0 Å². The van der Waals surface area contributed by atoms with Crippen LogP contribution in [0.1, 0.15) is 39.5 Å². The van der Waals surface area contributed by atoms with Gasteiger partial charge in [0, 0.05) is 0 Å². The largest absolute Gasteiger partial charge is 0.317 e. The summed E-state index contributed by atoms with van der Waals surface area (Å²) in [5.41, 5.74) is 0.734. The first-order valence-corrected chi connectivity index (χ1v) is 6.20. The molecule has 0 atom stereocenters. The lowest BCUT2D eigenvalue weighted by Gasteiger charge is -2.43. The Balaban J connectivity index is 0.000000461. The molecule has 0 radical (unpaired) electrons. The van der Waals surface area contributed by atoms with E-state index in [1.807, 2.05) is 13.8 Å². The number of nitrogens with zero attached hydrogens (tertiary/aromatic N) is 1. The predicted molar refractivity (Wildman–Crippen MR) is 62.6 cm³/mol. The van der Waals surface area contributed by atoms with E-state index in [0.717, 1.165) is 5.41 Å². The Morgan fingerprint density at radius 3 is 1.93 bits per heavy atom. The maximum atomic E-state index is 3.45. The summed E-state index contributed by atoms with van der Waals surface area (Å²) in [6, 6.07) is 0. The van der Waals surface area contributed by atoms with Crippen LogP contribution >= 0.6 is 0 Å². The van der Waals surface area contributed by atoms with E-state index in [1.165, 1.54) is 51.9 Å². The molecular weight excluding hydrogens is 172 g/mol. The van der Waals surface area contributed by atoms with Gasteiger partial charge in [-0.05, 0) is 64.3 Å². The van der Waals surface area contributed by atoms with Crippen LogP contribution < -0.4 is 5.32 Å². The molecule has 0 amide bonds. The molecule has 0 bridgehead atoms. The van der Waals surface area contributed by atoms with Gasteiger partial charge in [0.05, 0.1) is 0 Å². The van der Waals surface area contributed by atoms with Crippen molar-refractivity contribution < 1.29 is 0 Å². The molecule has 0 saturated carbocycles. The van der Waals surface area contributed by atoms with Gasteiger partial charge in [-0.1, -0.05) is 13.8 Å². The summed E-state index contributed by atoms with van der Waals surface area (Å²) in [6.45, 7) is 9.15. The summed E-state index contributed by atoms with van der Waals surface area (Å²) < 4.78 is 0. The van der Waals surface area contributed by atoms with Gasteiger partial charge in [-0.25, -0.2) is 0 Å². The summed E-state index contributed by atoms with van der Waals surface area (Å²) in [5.74, 6) is 0. The number of piperidine rings is 2. The third-order valence-corrected chi connectivity index (χ3v) is 3.71. The molecule has 14 heavy (non-hydrogen) atoms. The van der Waals surface area contributed by atoms with Crippen molar-refractivity contribution in [2.75, 3.05) is 33.2 Å². The smallest absolute Gasteiger partial charge is 0.00165 e. The second-order valence-corrected chi connectivity index (χ2v) is 4.55. The second kappa shape index (κ2) is 5.72. The summed E-state index contributed by atoms with van der Waals surface area (Å²) in [7, 11) is 2.24. The first-order chi connectivity index (χ1) is 6.81. The molecule has 0 aliphatic carbocycles. The molecule has 2 heterocycles. The van der Waals surface area contributed by atoms with E-state index in [2.05, 4.69) is 17.3 Å². The molecule has 2 saturated heterocycles. The average molecular weight is 198 g/mol. The Kier molecular flexibility index (Phi) is 4.90. The highest BCUT2D eigenvalue weighted by atomic mass is 15.1. The summed E-state index contributed by atoms with van der Waals surface area (Å²) in [5, 5.41) is 3.45. The number of hydrogen-bond donors (Lipinski definition) is 1. The quantitative estimate of drug-likeness (QED) is 0.641. The Morgan fingerprint density at radius 2 is 1.43 bits per heavy atom. The van der Waals surface area contributed by atoms with Crippen molar-refractivity contribution in [2.45, 2.75) is 39.5 Å². The fourth-order valence-electron chi connectivity index (χ4n) is 2.55. The summed E-state index contributed by atoms with van der Waals surface area (Å²) >= 11 is 0. The minimum atomic E-state index is 0.734. The molecule has 2 rings (SSSR count). The van der Waals surface area contributed by atoms with E-state index >= 15 is 0 Å². The molecule has 2 heteroatoms. The molecular formula is C12H26N2. The normalized spacial score (nSPS) is 26.8.